The molecule has 48 valence electrons. The molecule has 0 aromatic rings. The van der Waals surface area contributed by atoms with Gasteiger partial charge in [-0.1, -0.05) is 6.58 Å². The quantitative estimate of drug-likeness (QED) is 0.469. The zero-order chi connectivity index (χ0) is 6.85. The van der Waals surface area contributed by atoms with E-state index >= 15 is 0 Å². The molecule has 1 rings (SSSR count). The van der Waals surface area contributed by atoms with Gasteiger partial charge in [0, 0.05) is 7.05 Å². The lowest BCUT2D eigenvalue weighted by Gasteiger charge is -2.15. The lowest BCUT2D eigenvalue weighted by atomic mass is 10.4. The number of hydrazone groups is 1. The fourth-order valence-corrected chi connectivity index (χ4v) is 0.572. The number of hydrogen-bond donors (Lipinski definition) is 0. The van der Waals surface area contributed by atoms with E-state index in [1.54, 1.807) is 11.2 Å². The summed E-state index contributed by atoms with van der Waals surface area (Å²) in [5, 5.41) is 5.71. The summed E-state index contributed by atoms with van der Waals surface area (Å²) in [6.45, 7) is 5.55. The SMILES string of the molecule is C=C1N=CC(C)=NN1C. The minimum atomic E-state index is 0.681. The Morgan fingerprint density at radius 2 is 2.33 bits per heavy atom. The van der Waals surface area contributed by atoms with Gasteiger partial charge in [-0.25, -0.2) is 4.99 Å². The van der Waals surface area contributed by atoms with Crippen LogP contribution in [0.25, 0.3) is 0 Å². The van der Waals surface area contributed by atoms with Crippen LogP contribution in [-0.4, -0.2) is 24.0 Å². The Morgan fingerprint density at radius 3 is 2.78 bits per heavy atom. The fraction of sp³-hybridized carbons (Fsp3) is 0.333. The molecule has 0 spiro atoms. The molecular formula is C6H9N3. The standard InChI is InChI=1S/C6H9N3/c1-5-4-7-6(2)9(3)8-5/h4H,2H2,1,3H3. The third-order valence-electron chi connectivity index (χ3n) is 1.08. The molecule has 0 saturated heterocycles. The maximum atomic E-state index is 4.06. The van der Waals surface area contributed by atoms with Crippen LogP contribution in [0.1, 0.15) is 6.92 Å². The molecule has 0 radical (unpaired) electrons. The fourth-order valence-electron chi connectivity index (χ4n) is 0.572. The summed E-state index contributed by atoms with van der Waals surface area (Å²) < 4.78 is 0. The van der Waals surface area contributed by atoms with Crippen molar-refractivity contribution in [1.82, 2.24) is 5.01 Å². The van der Waals surface area contributed by atoms with Gasteiger partial charge in [-0.05, 0) is 6.92 Å². The van der Waals surface area contributed by atoms with E-state index in [1.165, 1.54) is 0 Å². The molecule has 1 aliphatic heterocycles. The molecule has 0 aromatic heterocycles. The summed E-state index contributed by atoms with van der Waals surface area (Å²) in [5.74, 6) is 0.681. The molecule has 0 N–H and O–H groups in total. The highest BCUT2D eigenvalue weighted by Gasteiger charge is 2.01. The van der Waals surface area contributed by atoms with Crippen LogP contribution in [0.3, 0.4) is 0 Å². The molecule has 0 atom stereocenters. The monoisotopic (exact) mass is 123 g/mol. The molecule has 3 nitrogen and oxygen atoms in total. The van der Waals surface area contributed by atoms with Crippen molar-refractivity contribution < 1.29 is 0 Å². The van der Waals surface area contributed by atoms with Gasteiger partial charge < -0.3 is 0 Å². The summed E-state index contributed by atoms with van der Waals surface area (Å²) in [7, 11) is 1.82. The lowest BCUT2D eigenvalue weighted by molar-refractivity contribution is 0.441. The minimum Gasteiger partial charge on any atom is -0.251 e. The van der Waals surface area contributed by atoms with Crippen molar-refractivity contribution in [2.45, 2.75) is 6.92 Å². The van der Waals surface area contributed by atoms with E-state index < -0.39 is 0 Å². The molecule has 0 unspecified atom stereocenters. The van der Waals surface area contributed by atoms with E-state index in [9.17, 15) is 0 Å². The first-order valence-electron chi connectivity index (χ1n) is 2.72. The van der Waals surface area contributed by atoms with Gasteiger partial charge in [0.2, 0.25) is 0 Å². The summed E-state index contributed by atoms with van der Waals surface area (Å²) >= 11 is 0. The number of hydrogen-bond acceptors (Lipinski definition) is 3. The van der Waals surface area contributed by atoms with Crippen LogP contribution in [-0.2, 0) is 0 Å². The van der Waals surface area contributed by atoms with Gasteiger partial charge in [0.25, 0.3) is 0 Å². The van der Waals surface area contributed by atoms with Crippen molar-refractivity contribution in [2.24, 2.45) is 10.1 Å². The zero-order valence-electron chi connectivity index (χ0n) is 5.63. The van der Waals surface area contributed by atoms with Crippen molar-refractivity contribution in [3.05, 3.63) is 12.4 Å². The Hall–Kier alpha value is -1.12. The third kappa shape index (κ3) is 1.16. The molecule has 0 saturated carbocycles. The predicted octanol–water partition coefficient (Wildman–Crippen LogP) is 0.850. The van der Waals surface area contributed by atoms with Gasteiger partial charge in [-0.15, -0.1) is 0 Å². The Bertz CT molecular complexity index is 190. The number of rotatable bonds is 0. The van der Waals surface area contributed by atoms with Gasteiger partial charge in [-0.2, -0.15) is 5.10 Å². The van der Waals surface area contributed by atoms with Crippen LogP contribution in [0.2, 0.25) is 0 Å². The third-order valence-corrected chi connectivity index (χ3v) is 1.08. The number of aliphatic imine (C=N–C) groups is 1. The van der Waals surface area contributed by atoms with E-state index in [4.69, 9.17) is 0 Å². The zero-order valence-corrected chi connectivity index (χ0v) is 5.63. The first-order chi connectivity index (χ1) is 4.20. The van der Waals surface area contributed by atoms with Crippen LogP contribution < -0.4 is 0 Å². The summed E-state index contributed by atoms with van der Waals surface area (Å²) in [6, 6.07) is 0. The first kappa shape index (κ1) is 6.01. The summed E-state index contributed by atoms with van der Waals surface area (Å²) in [5.41, 5.74) is 0.907. The molecule has 1 aliphatic rings. The van der Waals surface area contributed by atoms with Crippen LogP contribution >= 0.6 is 0 Å². The lowest BCUT2D eigenvalue weighted by Crippen LogP contribution is -2.16. The predicted molar refractivity (Wildman–Crippen MR) is 38.5 cm³/mol. The summed E-state index contributed by atoms with van der Waals surface area (Å²) in [6.07, 6.45) is 1.70. The van der Waals surface area contributed by atoms with Crippen molar-refractivity contribution in [2.75, 3.05) is 7.05 Å². The van der Waals surface area contributed by atoms with Crippen molar-refractivity contribution in [1.29, 1.82) is 0 Å². The second kappa shape index (κ2) is 2.01. The molecule has 3 heteroatoms. The maximum absolute atomic E-state index is 4.06. The van der Waals surface area contributed by atoms with Crippen molar-refractivity contribution in [3.8, 4) is 0 Å². The second-order valence-electron chi connectivity index (χ2n) is 1.94. The molecule has 0 bridgehead atoms. The molecule has 0 aliphatic carbocycles. The van der Waals surface area contributed by atoms with Crippen LogP contribution in [0.4, 0.5) is 0 Å². The molecule has 0 amide bonds. The Balaban J connectivity index is 2.82. The van der Waals surface area contributed by atoms with E-state index in [1.807, 2.05) is 14.0 Å². The second-order valence-corrected chi connectivity index (χ2v) is 1.94. The van der Waals surface area contributed by atoms with E-state index in [2.05, 4.69) is 16.7 Å². The molecule has 0 fully saturated rings. The average Bonchev–Trinajstić information content (AvgIpc) is 1.80. The molecule has 9 heavy (non-hydrogen) atoms. The van der Waals surface area contributed by atoms with E-state index in [0.717, 1.165) is 5.71 Å². The van der Waals surface area contributed by atoms with E-state index in [-0.39, 0.29) is 0 Å². The number of nitrogens with zero attached hydrogens (tertiary/aromatic N) is 3. The molecular weight excluding hydrogens is 114 g/mol. The largest absolute Gasteiger partial charge is 0.251 e. The Labute approximate surface area is 54.4 Å². The first-order valence-corrected chi connectivity index (χ1v) is 2.72. The van der Waals surface area contributed by atoms with Gasteiger partial charge in [0.05, 0.1) is 11.9 Å². The van der Waals surface area contributed by atoms with Gasteiger partial charge in [0.1, 0.15) is 5.82 Å². The van der Waals surface area contributed by atoms with Crippen molar-refractivity contribution in [3.63, 3.8) is 0 Å². The highest BCUT2D eigenvalue weighted by molar-refractivity contribution is 6.29. The highest BCUT2D eigenvalue weighted by atomic mass is 15.5. The molecule has 1 heterocycles. The maximum Gasteiger partial charge on any atom is 0.141 e. The Kier molecular flexibility index (Phi) is 1.34. The van der Waals surface area contributed by atoms with Gasteiger partial charge >= 0.3 is 0 Å². The normalized spacial score (nSPS) is 18.2. The van der Waals surface area contributed by atoms with Gasteiger partial charge in [-0.3, -0.25) is 5.01 Å². The summed E-state index contributed by atoms with van der Waals surface area (Å²) in [4.78, 5) is 3.97. The highest BCUT2D eigenvalue weighted by Crippen LogP contribution is 2.03. The van der Waals surface area contributed by atoms with Crippen LogP contribution in [0, 0.1) is 0 Å². The Morgan fingerprint density at radius 1 is 1.67 bits per heavy atom. The average molecular weight is 123 g/mol. The minimum absolute atomic E-state index is 0.681. The van der Waals surface area contributed by atoms with Crippen LogP contribution in [0.15, 0.2) is 22.5 Å². The smallest absolute Gasteiger partial charge is 0.141 e. The van der Waals surface area contributed by atoms with Gasteiger partial charge in [0.15, 0.2) is 0 Å². The van der Waals surface area contributed by atoms with E-state index in [0.29, 0.717) is 5.82 Å². The topological polar surface area (TPSA) is 28.0 Å². The molecule has 0 aromatic carbocycles. The van der Waals surface area contributed by atoms with Crippen molar-refractivity contribution >= 4 is 11.9 Å². The van der Waals surface area contributed by atoms with Crippen LogP contribution in [0.5, 0.6) is 0 Å².